The van der Waals surface area contributed by atoms with Gasteiger partial charge in [-0.25, -0.2) is 0 Å². The van der Waals surface area contributed by atoms with Crippen LogP contribution in [0.15, 0.2) is 132 Å². The van der Waals surface area contributed by atoms with Crippen molar-refractivity contribution >= 4 is 71.4 Å². The summed E-state index contributed by atoms with van der Waals surface area (Å²) in [7, 11) is 0. The van der Waals surface area contributed by atoms with E-state index in [0.29, 0.717) is 11.4 Å². The van der Waals surface area contributed by atoms with Crippen LogP contribution in [0.5, 0.6) is 0 Å². The molecular weight excluding hydrogens is 492 g/mol. The Morgan fingerprint density at radius 3 is 2.00 bits per heavy atom. The van der Waals surface area contributed by atoms with Gasteiger partial charge in [0, 0.05) is 56.6 Å². The van der Waals surface area contributed by atoms with Crippen molar-refractivity contribution in [3.63, 3.8) is 0 Å². The van der Waals surface area contributed by atoms with Crippen LogP contribution in [-0.2, 0) is 0 Å². The Morgan fingerprint density at radius 2 is 1.12 bits per heavy atom. The van der Waals surface area contributed by atoms with E-state index in [9.17, 15) is 5.21 Å². The summed E-state index contributed by atoms with van der Waals surface area (Å²) < 4.78 is 8.41. The molecule has 0 radical (unpaired) electrons. The van der Waals surface area contributed by atoms with Gasteiger partial charge in [0.2, 0.25) is 0 Å². The van der Waals surface area contributed by atoms with E-state index < -0.39 is 0 Å². The zero-order valence-electron chi connectivity index (χ0n) is 21.4. The molecule has 40 heavy (non-hydrogen) atoms. The zero-order valence-corrected chi connectivity index (χ0v) is 21.4. The van der Waals surface area contributed by atoms with E-state index in [1.54, 1.807) is 0 Å². The molecule has 6 aromatic carbocycles. The Kier molecular flexibility index (Phi) is 4.31. The topological polar surface area (TPSA) is 45.0 Å². The summed E-state index contributed by atoms with van der Waals surface area (Å²) in [5.74, 6) is 0. The lowest BCUT2D eigenvalue weighted by Gasteiger charge is -2.21. The highest BCUT2D eigenvalue weighted by atomic mass is 16.5. The highest BCUT2D eigenvalue weighted by Crippen LogP contribution is 2.39. The first kappa shape index (κ1) is 21.7. The number of aromatic nitrogens is 1. The molecule has 188 valence electrons. The molecule has 0 saturated heterocycles. The van der Waals surface area contributed by atoms with Crippen molar-refractivity contribution in [2.24, 2.45) is 0 Å². The van der Waals surface area contributed by atoms with Gasteiger partial charge < -0.3 is 19.1 Å². The minimum Gasteiger partial charge on any atom is -0.623 e. The van der Waals surface area contributed by atoms with Crippen LogP contribution < -0.4 is 5.06 Å². The van der Waals surface area contributed by atoms with Crippen molar-refractivity contribution in [1.82, 2.24) is 4.40 Å². The summed E-state index contributed by atoms with van der Waals surface area (Å²) in [6, 6.07) is 43.3. The molecule has 9 rings (SSSR count). The predicted octanol–water partition coefficient (Wildman–Crippen LogP) is 8.75. The molecule has 0 aliphatic carbocycles. The maximum absolute atomic E-state index is 13.6. The van der Waals surface area contributed by atoms with E-state index in [0.717, 1.165) is 44.0 Å². The van der Waals surface area contributed by atoms with Crippen molar-refractivity contribution in [2.45, 2.75) is 0 Å². The molecule has 1 atom stereocenters. The maximum atomic E-state index is 13.6. The molecule has 4 heteroatoms. The molecule has 0 aliphatic heterocycles. The Morgan fingerprint density at radius 1 is 0.475 bits per heavy atom. The van der Waals surface area contributed by atoms with Gasteiger partial charge in [-0.3, -0.25) is 0 Å². The second kappa shape index (κ2) is 7.93. The van der Waals surface area contributed by atoms with Crippen LogP contribution in [0.3, 0.4) is 0 Å². The molecule has 3 aromatic heterocycles. The van der Waals surface area contributed by atoms with E-state index in [2.05, 4.69) is 83.3 Å². The third-order valence-electron chi connectivity index (χ3n) is 8.34. The first-order valence-corrected chi connectivity index (χ1v) is 13.5. The lowest BCUT2D eigenvalue weighted by atomic mass is 10.0. The van der Waals surface area contributed by atoms with E-state index in [1.807, 2.05) is 48.5 Å². The number of hydrogen-bond acceptors (Lipinski definition) is 2. The fourth-order valence-electron chi connectivity index (χ4n) is 6.46. The molecule has 0 fully saturated rings. The molecule has 0 saturated carbocycles. The number of nitrogens with zero attached hydrogens (tertiary/aromatic N) is 1. The largest absolute Gasteiger partial charge is 0.623 e. The predicted molar refractivity (Wildman–Crippen MR) is 164 cm³/mol. The van der Waals surface area contributed by atoms with Crippen molar-refractivity contribution < 1.29 is 9.48 Å². The monoisotopic (exact) mass is 514 g/mol. The van der Waals surface area contributed by atoms with Gasteiger partial charge in [0.1, 0.15) is 22.5 Å². The van der Waals surface area contributed by atoms with Crippen LogP contribution in [0, 0.1) is 5.21 Å². The molecule has 3 heterocycles. The lowest BCUT2D eigenvalue weighted by Crippen LogP contribution is -2.96. The molecule has 0 aliphatic rings. The van der Waals surface area contributed by atoms with Gasteiger partial charge in [-0.15, -0.1) is 0 Å². The average Bonchev–Trinajstić information content (AvgIpc) is 3.67. The summed E-state index contributed by atoms with van der Waals surface area (Å²) in [5.41, 5.74) is 8.77. The van der Waals surface area contributed by atoms with Crippen molar-refractivity contribution in [2.75, 3.05) is 0 Å². The van der Waals surface area contributed by atoms with Crippen LogP contribution >= 0.6 is 0 Å². The van der Waals surface area contributed by atoms with Gasteiger partial charge in [0.05, 0.1) is 16.6 Å². The summed E-state index contributed by atoms with van der Waals surface area (Å²) in [4.78, 5) is 0. The fourth-order valence-corrected chi connectivity index (χ4v) is 6.46. The first-order valence-electron chi connectivity index (χ1n) is 13.5. The van der Waals surface area contributed by atoms with Gasteiger partial charge in [-0.2, -0.15) is 0 Å². The number of rotatable bonds is 3. The number of fused-ring (bicyclic) bond motifs is 9. The van der Waals surface area contributed by atoms with Crippen molar-refractivity contribution in [3.8, 4) is 11.1 Å². The van der Waals surface area contributed by atoms with Gasteiger partial charge in [0.25, 0.3) is 0 Å². The third-order valence-corrected chi connectivity index (χ3v) is 8.34. The Balaban J connectivity index is 1.10. The Hall–Kier alpha value is -5.16. The number of hydrogen-bond donors (Lipinski definition) is 1. The minimum absolute atomic E-state index is 0.0238. The van der Waals surface area contributed by atoms with Crippen LogP contribution in [0.25, 0.3) is 71.2 Å². The smallest absolute Gasteiger partial charge is 0.137 e. The zero-order chi connectivity index (χ0) is 26.4. The van der Waals surface area contributed by atoms with E-state index in [4.69, 9.17) is 4.42 Å². The molecule has 1 N–H and O–H groups in total. The van der Waals surface area contributed by atoms with Crippen LogP contribution in [0.1, 0.15) is 0 Å². The number of benzene rings is 6. The second-order valence-electron chi connectivity index (χ2n) is 10.5. The van der Waals surface area contributed by atoms with Gasteiger partial charge in [-0.05, 0) is 53.6 Å². The van der Waals surface area contributed by atoms with Gasteiger partial charge >= 0.3 is 0 Å². The Labute approximate surface area is 228 Å². The second-order valence-corrected chi connectivity index (χ2v) is 10.5. The fraction of sp³-hybridized carbons (Fsp3) is 0. The van der Waals surface area contributed by atoms with Crippen LogP contribution in [0.4, 0.5) is 11.4 Å². The normalized spacial score (nSPS) is 13.0. The highest BCUT2D eigenvalue weighted by Gasteiger charge is 2.18. The first-order chi connectivity index (χ1) is 19.7. The standard InChI is InChI=1S/C36H22N2O2/c39-38(24-15-12-22(13-16-24)23-14-18-28-27-7-2-4-11-34(27)40-35(28)20-23)25-17-19-33-31(21-25)30-9-5-8-29-26-6-1-3-10-32(26)37(33)36(29)30/h1-21,38H. The quantitative estimate of drug-likeness (QED) is 0.240. The van der Waals surface area contributed by atoms with Crippen molar-refractivity contribution in [3.05, 3.63) is 133 Å². The van der Waals surface area contributed by atoms with E-state index in [-0.39, 0.29) is 5.06 Å². The number of quaternary nitrogens is 1. The third kappa shape index (κ3) is 2.92. The van der Waals surface area contributed by atoms with Crippen molar-refractivity contribution in [1.29, 1.82) is 0 Å². The minimum atomic E-state index is 0.0238. The molecule has 0 amide bonds. The average molecular weight is 515 g/mol. The molecule has 1 unspecified atom stereocenters. The van der Waals surface area contributed by atoms with Crippen LogP contribution in [-0.4, -0.2) is 4.40 Å². The Bertz CT molecular complexity index is 2400. The highest BCUT2D eigenvalue weighted by molar-refractivity contribution is 6.23. The summed E-state index contributed by atoms with van der Waals surface area (Å²) in [5, 5.41) is 20.6. The van der Waals surface area contributed by atoms with Crippen LogP contribution in [0.2, 0.25) is 0 Å². The number of furan rings is 1. The molecular formula is C36H22N2O2. The van der Waals surface area contributed by atoms with E-state index in [1.165, 1.54) is 27.2 Å². The van der Waals surface area contributed by atoms with Gasteiger partial charge in [-0.1, -0.05) is 60.7 Å². The number of nitrogens with one attached hydrogen (secondary N) is 1. The summed E-state index contributed by atoms with van der Waals surface area (Å²) >= 11 is 0. The lowest BCUT2D eigenvalue weighted by molar-refractivity contribution is -0.698. The number of para-hydroxylation sites is 3. The van der Waals surface area contributed by atoms with Gasteiger partial charge in [0.15, 0.2) is 0 Å². The molecule has 0 spiro atoms. The van der Waals surface area contributed by atoms with E-state index >= 15 is 0 Å². The summed E-state index contributed by atoms with van der Waals surface area (Å²) in [6.07, 6.45) is 0. The maximum Gasteiger partial charge on any atom is 0.137 e. The molecule has 4 nitrogen and oxygen atoms in total. The molecule has 0 bridgehead atoms. The SMILES string of the molecule is [O-][NH+](c1ccc(-c2ccc3c(c2)oc2ccccc23)cc1)c1ccc2c(c1)c1cccc3c4ccccc4n2c31. The molecule has 9 aromatic rings. The summed E-state index contributed by atoms with van der Waals surface area (Å²) in [6.45, 7) is 0.